The summed E-state index contributed by atoms with van der Waals surface area (Å²) in [5.41, 5.74) is 7.39. The van der Waals surface area contributed by atoms with E-state index < -0.39 is 0 Å². The minimum absolute atomic E-state index is 0.0415. The molecule has 0 bridgehead atoms. The molecule has 2 aromatic rings. The van der Waals surface area contributed by atoms with E-state index in [2.05, 4.69) is 22.2 Å². The van der Waals surface area contributed by atoms with Crippen molar-refractivity contribution in [3.05, 3.63) is 48.4 Å². The maximum Gasteiger partial charge on any atom is 0.254 e. The summed E-state index contributed by atoms with van der Waals surface area (Å²) in [6.45, 7) is 3.44. The molecule has 2 atom stereocenters. The van der Waals surface area contributed by atoms with E-state index in [1.165, 1.54) is 0 Å². The number of nitrogens with one attached hydrogen (secondary N) is 1. The first-order valence-electron chi connectivity index (χ1n) is 8.33. The molecule has 3 rings (SSSR count). The topological polar surface area (TPSA) is 84.1 Å². The second kappa shape index (κ2) is 7.40. The number of hydrogen-bond acceptors (Lipinski definition) is 5. The lowest BCUT2D eigenvalue weighted by atomic mass is 9.90. The number of aromatic nitrogens is 2. The molecule has 1 aromatic carbocycles. The first-order chi connectivity index (χ1) is 11.7. The van der Waals surface area contributed by atoms with Crippen LogP contribution in [-0.4, -0.2) is 39.9 Å². The molecule has 1 aliphatic rings. The van der Waals surface area contributed by atoms with E-state index in [1.54, 1.807) is 18.6 Å². The Kier molecular flexibility index (Phi) is 5.05. The van der Waals surface area contributed by atoms with Crippen LogP contribution in [0, 0.1) is 5.92 Å². The number of carbonyl (C=O) groups is 1. The minimum Gasteiger partial charge on any atom is -0.339 e. The number of likely N-dealkylation sites (tertiary alicyclic amines) is 1. The zero-order valence-electron chi connectivity index (χ0n) is 13.9. The van der Waals surface area contributed by atoms with E-state index in [4.69, 9.17) is 5.73 Å². The number of hydrogen-bond donors (Lipinski definition) is 2. The Morgan fingerprint density at radius 3 is 3.04 bits per heavy atom. The Bertz CT molecular complexity index is 691. The summed E-state index contributed by atoms with van der Waals surface area (Å²) in [7, 11) is 0. The normalized spacial score (nSPS) is 20.7. The van der Waals surface area contributed by atoms with Crippen molar-refractivity contribution in [2.24, 2.45) is 11.7 Å². The highest BCUT2D eigenvalue weighted by molar-refractivity contribution is 5.95. The minimum atomic E-state index is 0.0415. The van der Waals surface area contributed by atoms with Crippen LogP contribution < -0.4 is 11.1 Å². The summed E-state index contributed by atoms with van der Waals surface area (Å²) in [6, 6.07) is 7.59. The average Bonchev–Trinajstić information content (AvgIpc) is 2.62. The third-order valence-corrected chi connectivity index (χ3v) is 4.56. The molecule has 1 saturated heterocycles. The standard InChI is InChI=1S/C18H23N5O/c1-13-4-3-9-23(16(13)11-19)18(24)14-5-2-6-15(10-14)22-17-12-20-7-8-21-17/h2,5-8,10,12-13,16H,3-4,9,11,19H2,1H3,(H,21,22)/t13-,16+/m0/s1. The van der Waals surface area contributed by atoms with Crippen LogP contribution >= 0.6 is 0 Å². The molecule has 126 valence electrons. The van der Waals surface area contributed by atoms with E-state index in [0.717, 1.165) is 25.1 Å². The first-order valence-corrected chi connectivity index (χ1v) is 8.33. The molecule has 6 nitrogen and oxygen atoms in total. The van der Waals surface area contributed by atoms with Crippen LogP contribution in [0.5, 0.6) is 0 Å². The van der Waals surface area contributed by atoms with E-state index >= 15 is 0 Å². The number of amides is 1. The van der Waals surface area contributed by atoms with Crippen LogP contribution in [0.1, 0.15) is 30.1 Å². The fourth-order valence-electron chi connectivity index (χ4n) is 3.27. The number of carbonyl (C=O) groups excluding carboxylic acids is 1. The fraction of sp³-hybridized carbons (Fsp3) is 0.389. The van der Waals surface area contributed by atoms with Gasteiger partial charge >= 0.3 is 0 Å². The van der Waals surface area contributed by atoms with Gasteiger partial charge in [-0.05, 0) is 37.0 Å². The van der Waals surface area contributed by atoms with Gasteiger partial charge in [0.15, 0.2) is 0 Å². The highest BCUT2D eigenvalue weighted by Gasteiger charge is 2.31. The smallest absolute Gasteiger partial charge is 0.254 e. The summed E-state index contributed by atoms with van der Waals surface area (Å²) in [4.78, 5) is 23.1. The quantitative estimate of drug-likeness (QED) is 0.902. The number of benzene rings is 1. The van der Waals surface area contributed by atoms with Crippen LogP contribution in [-0.2, 0) is 0 Å². The van der Waals surface area contributed by atoms with Crippen molar-refractivity contribution >= 4 is 17.4 Å². The molecule has 1 amide bonds. The molecule has 1 aliphatic heterocycles. The lowest BCUT2D eigenvalue weighted by Gasteiger charge is -2.39. The number of anilines is 2. The summed E-state index contributed by atoms with van der Waals surface area (Å²) >= 11 is 0. The molecule has 0 spiro atoms. The predicted octanol–water partition coefficient (Wildman–Crippen LogP) is 2.42. The molecule has 6 heteroatoms. The van der Waals surface area contributed by atoms with E-state index in [0.29, 0.717) is 23.8 Å². The van der Waals surface area contributed by atoms with Crippen molar-refractivity contribution in [1.82, 2.24) is 14.9 Å². The van der Waals surface area contributed by atoms with E-state index in [9.17, 15) is 4.79 Å². The third kappa shape index (κ3) is 3.54. The largest absolute Gasteiger partial charge is 0.339 e. The number of nitrogens with zero attached hydrogens (tertiary/aromatic N) is 3. The second-order valence-corrected chi connectivity index (χ2v) is 6.22. The number of piperidine rings is 1. The lowest BCUT2D eigenvalue weighted by Crippen LogP contribution is -2.51. The highest BCUT2D eigenvalue weighted by Crippen LogP contribution is 2.25. The Labute approximate surface area is 142 Å². The van der Waals surface area contributed by atoms with Gasteiger partial charge in [0.2, 0.25) is 0 Å². The summed E-state index contributed by atoms with van der Waals surface area (Å²) in [5, 5.41) is 3.17. The van der Waals surface area contributed by atoms with Gasteiger partial charge in [0.25, 0.3) is 5.91 Å². The molecule has 24 heavy (non-hydrogen) atoms. The molecule has 2 heterocycles. The van der Waals surface area contributed by atoms with Crippen LogP contribution in [0.2, 0.25) is 0 Å². The maximum atomic E-state index is 12.9. The van der Waals surface area contributed by atoms with Crippen molar-refractivity contribution in [2.75, 3.05) is 18.4 Å². The molecule has 0 aliphatic carbocycles. The maximum absolute atomic E-state index is 12.9. The van der Waals surface area contributed by atoms with Gasteiger partial charge < -0.3 is 16.0 Å². The Morgan fingerprint density at radius 1 is 1.42 bits per heavy atom. The van der Waals surface area contributed by atoms with Crippen molar-refractivity contribution in [3.63, 3.8) is 0 Å². The van der Waals surface area contributed by atoms with E-state index in [-0.39, 0.29) is 11.9 Å². The Morgan fingerprint density at radius 2 is 2.29 bits per heavy atom. The average molecular weight is 325 g/mol. The molecule has 1 aromatic heterocycles. The van der Waals surface area contributed by atoms with Crippen molar-refractivity contribution in [2.45, 2.75) is 25.8 Å². The molecule has 0 saturated carbocycles. The number of nitrogens with two attached hydrogens (primary N) is 1. The van der Waals surface area contributed by atoms with Crippen LogP contribution in [0.15, 0.2) is 42.9 Å². The van der Waals surface area contributed by atoms with Crippen LogP contribution in [0.3, 0.4) is 0 Å². The molecule has 3 N–H and O–H groups in total. The van der Waals surface area contributed by atoms with Gasteiger partial charge in [-0.15, -0.1) is 0 Å². The molecule has 1 fully saturated rings. The second-order valence-electron chi connectivity index (χ2n) is 6.22. The fourth-order valence-corrected chi connectivity index (χ4v) is 3.27. The van der Waals surface area contributed by atoms with Gasteiger partial charge in [0, 0.05) is 42.8 Å². The molecular formula is C18H23N5O. The van der Waals surface area contributed by atoms with Crippen molar-refractivity contribution in [3.8, 4) is 0 Å². The lowest BCUT2D eigenvalue weighted by molar-refractivity contribution is 0.0532. The van der Waals surface area contributed by atoms with Crippen LogP contribution in [0.4, 0.5) is 11.5 Å². The predicted molar refractivity (Wildman–Crippen MR) is 94.0 cm³/mol. The van der Waals surface area contributed by atoms with Gasteiger partial charge in [0.1, 0.15) is 5.82 Å². The highest BCUT2D eigenvalue weighted by atomic mass is 16.2. The van der Waals surface area contributed by atoms with Gasteiger partial charge in [-0.3, -0.25) is 9.78 Å². The van der Waals surface area contributed by atoms with Gasteiger partial charge in [-0.1, -0.05) is 13.0 Å². The van der Waals surface area contributed by atoms with Crippen molar-refractivity contribution in [1.29, 1.82) is 0 Å². The van der Waals surface area contributed by atoms with Gasteiger partial charge in [0.05, 0.1) is 6.20 Å². The van der Waals surface area contributed by atoms with Crippen LogP contribution in [0.25, 0.3) is 0 Å². The number of rotatable bonds is 4. The zero-order chi connectivity index (χ0) is 16.9. The monoisotopic (exact) mass is 325 g/mol. The zero-order valence-corrected chi connectivity index (χ0v) is 13.9. The third-order valence-electron chi connectivity index (χ3n) is 4.56. The summed E-state index contributed by atoms with van der Waals surface area (Å²) in [6.07, 6.45) is 7.04. The van der Waals surface area contributed by atoms with Gasteiger partial charge in [-0.25, -0.2) is 4.98 Å². The van der Waals surface area contributed by atoms with Crippen molar-refractivity contribution < 1.29 is 4.79 Å². The first kappa shape index (κ1) is 16.4. The van der Waals surface area contributed by atoms with E-state index in [1.807, 2.05) is 29.2 Å². The molecule has 0 radical (unpaired) electrons. The SMILES string of the molecule is C[C@H]1CCCN(C(=O)c2cccc(Nc3cnccn3)c2)[C@@H]1CN. The van der Waals surface area contributed by atoms with Gasteiger partial charge in [-0.2, -0.15) is 0 Å². The Hall–Kier alpha value is -2.47. The molecule has 0 unspecified atom stereocenters. The molecular weight excluding hydrogens is 302 g/mol. The summed E-state index contributed by atoms with van der Waals surface area (Å²) in [5.74, 6) is 1.13. The summed E-state index contributed by atoms with van der Waals surface area (Å²) < 4.78 is 0. The Balaban J connectivity index is 1.79.